The third kappa shape index (κ3) is 4.58. The van der Waals surface area contributed by atoms with Crippen molar-refractivity contribution in [2.45, 2.75) is 40.2 Å². The fourth-order valence-corrected chi connectivity index (χ4v) is 3.42. The molecule has 0 saturated heterocycles. The summed E-state index contributed by atoms with van der Waals surface area (Å²) >= 11 is 0. The van der Waals surface area contributed by atoms with Gasteiger partial charge in [-0.3, -0.25) is 14.5 Å². The maximum Gasteiger partial charge on any atom is 0.238 e. The highest BCUT2D eigenvalue weighted by Gasteiger charge is 2.29. The number of likely N-dealkylation sites (N-methyl/N-ethyl adjacent to an activating group) is 1. The molecule has 0 radical (unpaired) electrons. The number of hydrogen-bond donors (Lipinski definition) is 2. The maximum absolute atomic E-state index is 12.3. The van der Waals surface area contributed by atoms with Crippen molar-refractivity contribution in [3.63, 3.8) is 0 Å². The zero-order chi connectivity index (χ0) is 18.8. The molecule has 1 heterocycles. The lowest BCUT2D eigenvalue weighted by Gasteiger charge is -2.36. The first-order valence-electron chi connectivity index (χ1n) is 8.65. The molecule has 2 rings (SSSR count). The molecule has 0 spiro atoms. The van der Waals surface area contributed by atoms with Crippen LogP contribution in [0, 0.1) is 5.41 Å². The van der Waals surface area contributed by atoms with Gasteiger partial charge in [0.25, 0.3) is 0 Å². The van der Waals surface area contributed by atoms with Crippen LogP contribution in [0.2, 0.25) is 0 Å². The molecule has 25 heavy (non-hydrogen) atoms. The van der Waals surface area contributed by atoms with E-state index in [2.05, 4.69) is 5.32 Å². The van der Waals surface area contributed by atoms with Crippen molar-refractivity contribution in [3.05, 3.63) is 23.8 Å². The van der Waals surface area contributed by atoms with Gasteiger partial charge in [0.2, 0.25) is 11.8 Å². The molecule has 0 bridgehead atoms. The third-order valence-electron chi connectivity index (χ3n) is 4.74. The number of aliphatic hydroxyl groups excluding tert-OH is 1. The number of carbonyl (C=O) groups is 2. The lowest BCUT2D eigenvalue weighted by Crippen LogP contribution is -2.47. The Kier molecular flexibility index (Phi) is 5.85. The molecule has 1 aromatic rings. The van der Waals surface area contributed by atoms with E-state index in [1.807, 2.05) is 50.9 Å². The van der Waals surface area contributed by atoms with Gasteiger partial charge >= 0.3 is 0 Å². The number of fused-ring (bicyclic) bond motifs is 1. The number of nitrogens with zero attached hydrogens (tertiary/aromatic N) is 2. The number of nitrogens with one attached hydrogen (secondary N) is 1. The Morgan fingerprint density at radius 2 is 2.04 bits per heavy atom. The van der Waals surface area contributed by atoms with Crippen LogP contribution in [-0.2, 0) is 16.0 Å². The Labute approximate surface area is 149 Å². The number of carbonyl (C=O) groups excluding carboxylic acids is 2. The molecule has 1 aromatic carbocycles. The molecule has 1 atom stereocenters. The minimum atomic E-state index is -0.119. The SMILES string of the molecule is CC(=O)N1CCc2cc(NC(=O)CN(C)[C@H](CO)C(C)(C)C)ccc21. The second kappa shape index (κ2) is 7.54. The van der Waals surface area contributed by atoms with Gasteiger partial charge in [0.1, 0.15) is 0 Å². The summed E-state index contributed by atoms with van der Waals surface area (Å²) in [4.78, 5) is 27.6. The quantitative estimate of drug-likeness (QED) is 0.853. The second-order valence-corrected chi connectivity index (χ2v) is 7.79. The predicted molar refractivity (Wildman–Crippen MR) is 99.8 cm³/mol. The molecule has 0 fully saturated rings. The third-order valence-corrected chi connectivity index (χ3v) is 4.74. The van der Waals surface area contributed by atoms with E-state index >= 15 is 0 Å². The van der Waals surface area contributed by atoms with Crippen molar-refractivity contribution in [2.24, 2.45) is 5.41 Å². The van der Waals surface area contributed by atoms with E-state index in [1.54, 1.807) is 11.8 Å². The molecule has 0 aromatic heterocycles. The zero-order valence-corrected chi connectivity index (χ0v) is 15.8. The summed E-state index contributed by atoms with van der Waals surface area (Å²) < 4.78 is 0. The van der Waals surface area contributed by atoms with Gasteiger partial charge in [-0.2, -0.15) is 0 Å². The average Bonchev–Trinajstić information content (AvgIpc) is 2.89. The number of anilines is 2. The lowest BCUT2D eigenvalue weighted by molar-refractivity contribution is -0.118. The fraction of sp³-hybridized carbons (Fsp3) is 0.579. The zero-order valence-electron chi connectivity index (χ0n) is 15.8. The van der Waals surface area contributed by atoms with Gasteiger partial charge in [-0.25, -0.2) is 0 Å². The number of rotatable bonds is 5. The molecule has 0 aliphatic carbocycles. The minimum Gasteiger partial charge on any atom is -0.395 e. The molecule has 2 amide bonds. The highest BCUT2D eigenvalue weighted by molar-refractivity contribution is 5.96. The van der Waals surface area contributed by atoms with E-state index in [9.17, 15) is 14.7 Å². The van der Waals surface area contributed by atoms with Gasteiger partial charge in [-0.05, 0) is 42.6 Å². The molecule has 138 valence electrons. The van der Waals surface area contributed by atoms with Crippen molar-refractivity contribution < 1.29 is 14.7 Å². The smallest absolute Gasteiger partial charge is 0.238 e. The van der Waals surface area contributed by atoms with E-state index in [0.29, 0.717) is 6.54 Å². The van der Waals surface area contributed by atoms with Gasteiger partial charge < -0.3 is 15.3 Å². The summed E-state index contributed by atoms with van der Waals surface area (Å²) in [6.45, 7) is 8.60. The predicted octanol–water partition coefficient (Wildman–Crippen LogP) is 1.87. The topological polar surface area (TPSA) is 72.9 Å². The lowest BCUT2D eigenvalue weighted by atomic mass is 9.86. The Morgan fingerprint density at radius 3 is 2.60 bits per heavy atom. The van der Waals surface area contributed by atoms with Crippen molar-refractivity contribution in [3.8, 4) is 0 Å². The van der Waals surface area contributed by atoms with Crippen LogP contribution < -0.4 is 10.2 Å². The number of aliphatic hydroxyl groups is 1. The average molecular weight is 347 g/mol. The van der Waals surface area contributed by atoms with Crippen LogP contribution in [0.5, 0.6) is 0 Å². The number of benzene rings is 1. The molecule has 1 aliphatic heterocycles. The van der Waals surface area contributed by atoms with E-state index < -0.39 is 0 Å². The second-order valence-electron chi connectivity index (χ2n) is 7.79. The molecule has 0 unspecified atom stereocenters. The van der Waals surface area contributed by atoms with Gasteiger partial charge in [-0.15, -0.1) is 0 Å². The summed E-state index contributed by atoms with van der Waals surface area (Å²) in [5.41, 5.74) is 2.62. The summed E-state index contributed by atoms with van der Waals surface area (Å²) in [5.74, 6) is -0.0824. The minimum absolute atomic E-state index is 0.00695. The van der Waals surface area contributed by atoms with Crippen molar-refractivity contribution in [1.82, 2.24) is 4.90 Å². The van der Waals surface area contributed by atoms with Gasteiger partial charge in [0.15, 0.2) is 0 Å². The molecular formula is C19H29N3O3. The van der Waals surface area contributed by atoms with Crippen LogP contribution >= 0.6 is 0 Å². The molecule has 6 heteroatoms. The Hall–Kier alpha value is -1.92. The first-order chi connectivity index (χ1) is 11.6. The molecule has 1 aliphatic rings. The van der Waals surface area contributed by atoms with Crippen LogP contribution in [0.15, 0.2) is 18.2 Å². The number of hydrogen-bond acceptors (Lipinski definition) is 4. The highest BCUT2D eigenvalue weighted by atomic mass is 16.3. The molecular weight excluding hydrogens is 318 g/mol. The van der Waals surface area contributed by atoms with E-state index in [1.165, 1.54) is 0 Å². The first-order valence-corrected chi connectivity index (χ1v) is 8.65. The Balaban J connectivity index is 2.01. The van der Waals surface area contributed by atoms with E-state index in [0.717, 1.165) is 23.4 Å². The van der Waals surface area contributed by atoms with Crippen LogP contribution in [0.1, 0.15) is 33.3 Å². The highest BCUT2D eigenvalue weighted by Crippen LogP contribution is 2.30. The van der Waals surface area contributed by atoms with E-state index in [4.69, 9.17) is 0 Å². The largest absolute Gasteiger partial charge is 0.395 e. The monoisotopic (exact) mass is 347 g/mol. The fourth-order valence-electron chi connectivity index (χ4n) is 3.42. The van der Waals surface area contributed by atoms with Crippen LogP contribution in [0.25, 0.3) is 0 Å². The van der Waals surface area contributed by atoms with Crippen LogP contribution in [0.3, 0.4) is 0 Å². The summed E-state index contributed by atoms with van der Waals surface area (Å²) in [7, 11) is 1.85. The van der Waals surface area contributed by atoms with Gasteiger partial charge in [0.05, 0.1) is 13.2 Å². The molecule has 0 saturated carbocycles. The number of amides is 2. The Bertz CT molecular complexity index is 652. The van der Waals surface area contributed by atoms with Crippen molar-refractivity contribution >= 4 is 23.2 Å². The van der Waals surface area contributed by atoms with Crippen molar-refractivity contribution in [2.75, 3.05) is 37.0 Å². The van der Waals surface area contributed by atoms with E-state index in [-0.39, 0.29) is 36.4 Å². The molecule has 2 N–H and O–H groups in total. The Morgan fingerprint density at radius 1 is 1.36 bits per heavy atom. The van der Waals surface area contributed by atoms with Gasteiger partial charge in [0, 0.05) is 30.9 Å². The van der Waals surface area contributed by atoms with Crippen LogP contribution in [0.4, 0.5) is 11.4 Å². The molecule has 6 nitrogen and oxygen atoms in total. The summed E-state index contributed by atoms with van der Waals surface area (Å²) in [5, 5.41) is 12.5. The maximum atomic E-state index is 12.3. The summed E-state index contributed by atoms with van der Waals surface area (Å²) in [6, 6.07) is 5.55. The van der Waals surface area contributed by atoms with Gasteiger partial charge in [-0.1, -0.05) is 20.8 Å². The standard InChI is InChI=1S/C19H29N3O3/c1-13(24)22-9-8-14-10-15(6-7-16(14)22)20-18(25)11-21(5)17(12-23)19(2,3)4/h6-7,10,17,23H,8-9,11-12H2,1-5H3,(H,20,25)/t17-/m1/s1. The first kappa shape index (κ1) is 19.4. The van der Waals surface area contributed by atoms with Crippen LogP contribution in [-0.4, -0.2) is 54.6 Å². The normalized spacial score (nSPS) is 15.2. The van der Waals surface area contributed by atoms with Crippen molar-refractivity contribution in [1.29, 1.82) is 0 Å². The summed E-state index contributed by atoms with van der Waals surface area (Å²) in [6.07, 6.45) is 0.801.